The van der Waals surface area contributed by atoms with Crippen LogP contribution in [0.5, 0.6) is 0 Å². The van der Waals surface area contributed by atoms with Gasteiger partial charge in [-0.3, -0.25) is 32.5 Å². The summed E-state index contributed by atoms with van der Waals surface area (Å²) in [6.45, 7) is 2.43. The van der Waals surface area contributed by atoms with E-state index >= 15 is 0 Å². The van der Waals surface area contributed by atoms with E-state index in [0.717, 1.165) is 167 Å². The molecule has 5 unspecified atom stereocenters. The maximum Gasteiger partial charge on any atom is 0.472 e. The number of rotatable bonds is 66. The summed E-state index contributed by atoms with van der Waals surface area (Å²) >= 11 is 0. The first-order chi connectivity index (χ1) is 44.2. The molecule has 0 aliphatic heterocycles. The van der Waals surface area contributed by atoms with E-state index in [2.05, 4.69) is 130 Å². The van der Waals surface area contributed by atoms with Gasteiger partial charge < -0.3 is 34.2 Å². The lowest BCUT2D eigenvalue weighted by Gasteiger charge is -2.21. The van der Waals surface area contributed by atoms with Crippen molar-refractivity contribution in [2.24, 2.45) is 0 Å². The number of aliphatic hydroxyl groups excluding tert-OH is 2. The van der Waals surface area contributed by atoms with Crippen molar-refractivity contribution in [3.8, 4) is 0 Å². The van der Waals surface area contributed by atoms with Gasteiger partial charge in [-0.25, -0.2) is 9.13 Å². The Morgan fingerprint density at radius 1 is 0.319 bits per heavy atom. The van der Waals surface area contributed by atoms with E-state index in [1.54, 1.807) is 0 Å². The van der Waals surface area contributed by atoms with Gasteiger partial charge in [0.05, 0.1) is 26.4 Å². The smallest absolute Gasteiger partial charge is 0.463 e. The highest BCUT2D eigenvalue weighted by Gasteiger charge is 2.29. The highest BCUT2D eigenvalue weighted by atomic mass is 31.2. The summed E-state index contributed by atoms with van der Waals surface area (Å²) in [4.78, 5) is 58.4. The van der Waals surface area contributed by atoms with Crippen molar-refractivity contribution >= 4 is 33.6 Å². The minimum absolute atomic E-state index is 0.0844. The van der Waals surface area contributed by atoms with Gasteiger partial charge in [0, 0.05) is 19.3 Å². The number of phosphoric ester groups is 2. The van der Waals surface area contributed by atoms with Crippen LogP contribution in [0.1, 0.15) is 278 Å². The molecule has 91 heavy (non-hydrogen) atoms. The highest BCUT2D eigenvalue weighted by molar-refractivity contribution is 7.47. The second kappa shape index (κ2) is 66.2. The second-order valence-electron chi connectivity index (χ2n) is 23.3. The lowest BCUT2D eigenvalue weighted by molar-refractivity contribution is -0.161. The van der Waals surface area contributed by atoms with Gasteiger partial charge in [-0.1, -0.05) is 246 Å². The molecule has 0 bridgehead atoms. The first kappa shape index (κ1) is 87.2. The molecule has 0 spiro atoms. The molecule has 0 rings (SSSR count). The van der Waals surface area contributed by atoms with Crippen LogP contribution in [0, 0.1) is 0 Å². The third kappa shape index (κ3) is 67.4. The summed E-state index contributed by atoms with van der Waals surface area (Å²) in [5.74, 6) is -1.61. The van der Waals surface area contributed by atoms with Gasteiger partial charge in [-0.15, -0.1) is 0 Å². The molecule has 0 radical (unpaired) electrons. The van der Waals surface area contributed by atoms with Gasteiger partial charge >= 0.3 is 33.6 Å². The quantitative estimate of drug-likeness (QED) is 0.0146. The van der Waals surface area contributed by atoms with E-state index in [4.69, 9.17) is 32.3 Å². The van der Waals surface area contributed by atoms with Crippen LogP contribution >= 0.6 is 15.6 Å². The predicted octanol–water partition coefficient (Wildman–Crippen LogP) is 19.6. The Morgan fingerprint density at radius 3 is 0.967 bits per heavy atom. The Kier molecular flexibility index (Phi) is 63.5. The van der Waals surface area contributed by atoms with Crippen LogP contribution < -0.4 is 0 Å². The molecule has 0 fully saturated rings. The van der Waals surface area contributed by atoms with Crippen LogP contribution in [-0.2, 0) is 55.8 Å². The fourth-order valence-corrected chi connectivity index (χ4v) is 10.7. The molecular formula is C73H126O16P2. The maximum atomic E-state index is 12.9. The molecule has 0 aliphatic carbocycles. The average molecular weight is 1320 g/mol. The molecule has 4 N–H and O–H groups in total. The van der Waals surface area contributed by atoms with Gasteiger partial charge in [-0.05, 0) is 122 Å². The number of aliphatic hydroxyl groups is 2. The normalized spacial score (nSPS) is 14.8. The van der Waals surface area contributed by atoms with Crippen molar-refractivity contribution in [2.45, 2.75) is 296 Å². The monoisotopic (exact) mass is 1320 g/mol. The number of esters is 3. The lowest BCUT2D eigenvalue weighted by atomic mass is 10.1. The molecule has 0 heterocycles. The van der Waals surface area contributed by atoms with Gasteiger partial charge in [-0.2, -0.15) is 0 Å². The summed E-state index contributed by atoms with van der Waals surface area (Å²) in [6, 6.07) is 0. The number of hydrogen-bond donors (Lipinski definition) is 4. The number of unbranched alkanes of at least 4 members (excludes halogenated alkanes) is 25. The predicted molar refractivity (Wildman–Crippen MR) is 371 cm³/mol. The number of hydrogen-bond acceptors (Lipinski definition) is 14. The molecule has 0 saturated heterocycles. The Balaban J connectivity index is 4.56. The van der Waals surface area contributed by atoms with Crippen LogP contribution in [0.25, 0.3) is 0 Å². The van der Waals surface area contributed by atoms with Crippen LogP contribution in [0.2, 0.25) is 0 Å². The van der Waals surface area contributed by atoms with E-state index < -0.39 is 91.5 Å². The van der Waals surface area contributed by atoms with Crippen LogP contribution in [0.4, 0.5) is 0 Å². The summed E-state index contributed by atoms with van der Waals surface area (Å²) < 4.78 is 60.9. The zero-order valence-corrected chi connectivity index (χ0v) is 58.5. The molecule has 0 aromatic rings. The zero-order chi connectivity index (χ0) is 66.7. The molecule has 18 heteroatoms. The van der Waals surface area contributed by atoms with E-state index in [-0.39, 0.29) is 19.3 Å². The van der Waals surface area contributed by atoms with Gasteiger partial charge in [0.15, 0.2) is 6.10 Å². The first-order valence-corrected chi connectivity index (χ1v) is 38.2. The first-order valence-electron chi connectivity index (χ1n) is 35.2. The molecule has 0 aromatic carbocycles. The Labute approximate surface area is 551 Å². The molecule has 16 nitrogen and oxygen atoms in total. The largest absolute Gasteiger partial charge is 0.472 e. The van der Waals surface area contributed by atoms with E-state index in [9.17, 15) is 43.5 Å². The Hall–Kier alpha value is -3.79. The van der Waals surface area contributed by atoms with Crippen molar-refractivity contribution in [1.29, 1.82) is 0 Å². The SMILES string of the molecule is CC/C=C\C/C=C\C/C=C\CCCCCCCCCC(=O)OCC(COP(=O)(O)OCC(O)COP(=O)(O)OCC(O)COC(=O)CCCCCCCCCCC/C=C\C/C=C\C/C=C\C/C=C\CCCCC)OC(=O)CCCCCCC/C=C\C/C=C\CCC. The van der Waals surface area contributed by atoms with E-state index in [1.807, 2.05) is 0 Å². The molecule has 524 valence electrons. The van der Waals surface area contributed by atoms with Crippen molar-refractivity contribution in [2.75, 3.05) is 39.6 Å². The van der Waals surface area contributed by atoms with Gasteiger partial charge in [0.1, 0.15) is 25.4 Å². The molecule has 5 atom stereocenters. The van der Waals surface area contributed by atoms with Gasteiger partial charge in [0.2, 0.25) is 0 Å². The minimum Gasteiger partial charge on any atom is -0.463 e. The summed E-state index contributed by atoms with van der Waals surface area (Å²) in [5, 5.41) is 20.6. The summed E-state index contributed by atoms with van der Waals surface area (Å²) in [6.07, 6.45) is 74.3. The summed E-state index contributed by atoms with van der Waals surface area (Å²) in [7, 11) is -9.78. The number of allylic oxidation sites excluding steroid dienone is 18. The van der Waals surface area contributed by atoms with E-state index in [0.29, 0.717) is 19.3 Å². The third-order valence-corrected chi connectivity index (χ3v) is 16.3. The van der Waals surface area contributed by atoms with E-state index in [1.165, 1.54) is 51.4 Å². The van der Waals surface area contributed by atoms with Crippen molar-refractivity contribution in [1.82, 2.24) is 0 Å². The molecule has 0 aromatic heterocycles. The average Bonchev–Trinajstić information content (AvgIpc) is 3.75. The van der Waals surface area contributed by atoms with Crippen molar-refractivity contribution < 1.29 is 75.8 Å². The standard InChI is InChI=1S/C73H126O16P2/c1-4-7-10-13-16-19-22-25-27-29-30-31-32-33-34-35-36-38-40-42-44-47-50-53-56-59-71(76)83-62-68(74)63-85-90(79,80)86-64-69(75)65-87-91(81,82)88-67-70(89-73(78)61-58-55-52-49-46-41-24-21-18-15-12-9-6-3)66-84-72(77)60-57-54-51-48-45-43-39-37-28-26-23-20-17-14-11-8-5-2/h8,11-12,15-17,19-21,24-28,30-31,33-34,68-70,74-75H,4-7,9-10,13-14,18,22-23,29,32,35-67H2,1-3H3,(H,79,80)(H,81,82)/b11-8-,15-12-,19-16-,20-17-,24-21-,27-25-,28-26-,31-30-,34-33-. The number of carbonyl (C=O) groups is 3. The highest BCUT2D eigenvalue weighted by Crippen LogP contribution is 2.45. The number of carbonyl (C=O) groups excluding carboxylic acids is 3. The minimum atomic E-state index is -4.93. The topological polar surface area (TPSA) is 231 Å². The van der Waals surface area contributed by atoms with Crippen LogP contribution in [0.15, 0.2) is 109 Å². The molecule has 0 amide bonds. The third-order valence-electron chi connectivity index (χ3n) is 14.4. The fraction of sp³-hybridized carbons (Fsp3) is 0.712. The number of phosphoric acid groups is 2. The molecule has 0 saturated carbocycles. The number of ether oxygens (including phenoxy) is 3. The van der Waals surface area contributed by atoms with Crippen LogP contribution in [0.3, 0.4) is 0 Å². The van der Waals surface area contributed by atoms with Crippen LogP contribution in [-0.4, -0.2) is 95.9 Å². The lowest BCUT2D eigenvalue weighted by Crippen LogP contribution is -2.30. The van der Waals surface area contributed by atoms with Crippen molar-refractivity contribution in [3.05, 3.63) is 109 Å². The Bertz CT molecular complexity index is 2100. The maximum absolute atomic E-state index is 12.9. The van der Waals surface area contributed by atoms with Crippen molar-refractivity contribution in [3.63, 3.8) is 0 Å². The zero-order valence-electron chi connectivity index (χ0n) is 56.7. The second-order valence-corrected chi connectivity index (χ2v) is 26.2. The summed E-state index contributed by atoms with van der Waals surface area (Å²) in [5.41, 5.74) is 0. The molecule has 0 aliphatic rings. The Morgan fingerprint density at radius 2 is 0.604 bits per heavy atom. The molecular weight excluding hydrogens is 1190 g/mol. The van der Waals surface area contributed by atoms with Gasteiger partial charge in [0.25, 0.3) is 0 Å². The fourth-order valence-electron chi connectivity index (χ4n) is 9.08.